The van der Waals surface area contributed by atoms with Crippen LogP contribution >= 0.6 is 0 Å². The molecule has 0 aliphatic rings. The standard InChI is InChI=1S/C19H32O3S/c1-3-5-6-7-8-9-10-12-17(11-4-2)18-13-15-19(16-14-18)23(20,21)22/h13-17H,3-12H2,1-2H3,(H,20,21,22). The molecule has 0 saturated carbocycles. The zero-order valence-electron chi connectivity index (χ0n) is 14.6. The SMILES string of the molecule is CCCCCCCCCC(CCC)c1ccc(S(=O)(=O)O)cc1. The molecule has 3 nitrogen and oxygen atoms in total. The Balaban J connectivity index is 2.48. The number of benzene rings is 1. The second-order valence-electron chi connectivity index (χ2n) is 6.44. The van der Waals surface area contributed by atoms with Gasteiger partial charge in [-0.05, 0) is 36.5 Å². The Hall–Kier alpha value is -0.870. The molecule has 1 unspecified atom stereocenters. The largest absolute Gasteiger partial charge is 0.294 e. The topological polar surface area (TPSA) is 54.4 Å². The molecule has 0 saturated heterocycles. The molecule has 0 bridgehead atoms. The van der Waals surface area contributed by atoms with Crippen LogP contribution in [0.25, 0.3) is 0 Å². The molecule has 23 heavy (non-hydrogen) atoms. The van der Waals surface area contributed by atoms with E-state index in [9.17, 15) is 8.42 Å². The smallest absolute Gasteiger partial charge is 0.282 e. The Labute approximate surface area is 142 Å². The predicted octanol–water partition coefficient (Wildman–Crippen LogP) is 5.96. The van der Waals surface area contributed by atoms with E-state index in [1.54, 1.807) is 0 Å². The molecular formula is C19H32O3S. The van der Waals surface area contributed by atoms with Crippen molar-refractivity contribution in [3.63, 3.8) is 0 Å². The van der Waals surface area contributed by atoms with Gasteiger partial charge in [-0.25, -0.2) is 0 Å². The van der Waals surface area contributed by atoms with Crippen molar-refractivity contribution in [1.29, 1.82) is 0 Å². The van der Waals surface area contributed by atoms with E-state index in [-0.39, 0.29) is 4.90 Å². The Kier molecular flexibility index (Phi) is 9.49. The predicted molar refractivity (Wildman–Crippen MR) is 96.5 cm³/mol. The van der Waals surface area contributed by atoms with Gasteiger partial charge >= 0.3 is 0 Å². The van der Waals surface area contributed by atoms with Crippen LogP contribution in [-0.2, 0) is 10.1 Å². The average molecular weight is 341 g/mol. The van der Waals surface area contributed by atoms with E-state index < -0.39 is 10.1 Å². The monoisotopic (exact) mass is 340 g/mol. The summed E-state index contributed by atoms with van der Waals surface area (Å²) in [6.45, 7) is 4.42. The third-order valence-electron chi connectivity index (χ3n) is 4.44. The Morgan fingerprint density at radius 1 is 0.826 bits per heavy atom. The van der Waals surface area contributed by atoms with Crippen LogP contribution in [0.2, 0.25) is 0 Å². The molecule has 1 aromatic carbocycles. The number of hydrogen-bond donors (Lipinski definition) is 1. The number of hydrogen-bond acceptors (Lipinski definition) is 2. The first-order valence-electron chi connectivity index (χ1n) is 9.06. The lowest BCUT2D eigenvalue weighted by molar-refractivity contribution is 0.482. The van der Waals surface area contributed by atoms with E-state index in [2.05, 4.69) is 13.8 Å². The van der Waals surface area contributed by atoms with Crippen LogP contribution < -0.4 is 0 Å². The summed E-state index contributed by atoms with van der Waals surface area (Å²) in [6.07, 6.45) is 12.6. The molecule has 132 valence electrons. The molecule has 4 heteroatoms. The van der Waals surface area contributed by atoms with Gasteiger partial charge in [-0.2, -0.15) is 8.42 Å². The second kappa shape index (κ2) is 10.8. The first kappa shape index (κ1) is 20.2. The Morgan fingerprint density at radius 3 is 1.91 bits per heavy atom. The lowest BCUT2D eigenvalue weighted by Crippen LogP contribution is -2.02. The zero-order chi connectivity index (χ0) is 17.1. The van der Waals surface area contributed by atoms with E-state index in [1.807, 2.05) is 12.1 Å². The molecule has 0 fully saturated rings. The maximum absolute atomic E-state index is 11.1. The summed E-state index contributed by atoms with van der Waals surface area (Å²) in [4.78, 5) is -0.0209. The van der Waals surface area contributed by atoms with Gasteiger partial charge < -0.3 is 0 Å². The molecule has 0 amide bonds. The maximum atomic E-state index is 11.1. The molecule has 1 N–H and O–H groups in total. The van der Waals surface area contributed by atoms with Gasteiger partial charge in [0.15, 0.2) is 0 Å². The average Bonchev–Trinajstić information content (AvgIpc) is 2.52. The van der Waals surface area contributed by atoms with Gasteiger partial charge in [-0.3, -0.25) is 4.55 Å². The van der Waals surface area contributed by atoms with Gasteiger partial charge in [-0.15, -0.1) is 0 Å². The Bertz CT molecular complexity index is 520. The van der Waals surface area contributed by atoms with Crippen LogP contribution in [0.3, 0.4) is 0 Å². The van der Waals surface area contributed by atoms with Crippen molar-refractivity contribution in [2.75, 3.05) is 0 Å². The second-order valence-corrected chi connectivity index (χ2v) is 7.86. The van der Waals surface area contributed by atoms with Gasteiger partial charge in [0.25, 0.3) is 10.1 Å². The van der Waals surface area contributed by atoms with Crippen LogP contribution in [0.4, 0.5) is 0 Å². The highest BCUT2D eigenvalue weighted by molar-refractivity contribution is 7.85. The van der Waals surface area contributed by atoms with Crippen molar-refractivity contribution in [2.24, 2.45) is 0 Å². The van der Waals surface area contributed by atoms with E-state index >= 15 is 0 Å². The molecule has 1 rings (SSSR count). The van der Waals surface area contributed by atoms with Gasteiger partial charge in [0, 0.05) is 0 Å². The highest BCUT2D eigenvalue weighted by Crippen LogP contribution is 2.28. The molecule has 0 aliphatic heterocycles. The third-order valence-corrected chi connectivity index (χ3v) is 5.31. The van der Waals surface area contributed by atoms with Gasteiger partial charge in [0.2, 0.25) is 0 Å². The summed E-state index contributed by atoms with van der Waals surface area (Å²) >= 11 is 0. The van der Waals surface area contributed by atoms with Crippen molar-refractivity contribution in [2.45, 2.75) is 88.9 Å². The minimum Gasteiger partial charge on any atom is -0.282 e. The molecule has 0 heterocycles. The van der Waals surface area contributed by atoms with Crippen molar-refractivity contribution in [3.05, 3.63) is 29.8 Å². The highest BCUT2D eigenvalue weighted by Gasteiger charge is 2.13. The highest BCUT2D eigenvalue weighted by atomic mass is 32.2. The van der Waals surface area contributed by atoms with Crippen LogP contribution in [0.5, 0.6) is 0 Å². The van der Waals surface area contributed by atoms with Crippen molar-refractivity contribution in [3.8, 4) is 0 Å². The van der Waals surface area contributed by atoms with E-state index in [4.69, 9.17) is 4.55 Å². The fraction of sp³-hybridized carbons (Fsp3) is 0.684. The maximum Gasteiger partial charge on any atom is 0.294 e. The minimum atomic E-state index is -4.09. The summed E-state index contributed by atoms with van der Waals surface area (Å²) in [6, 6.07) is 6.73. The van der Waals surface area contributed by atoms with Gasteiger partial charge in [0.05, 0.1) is 4.90 Å². The van der Waals surface area contributed by atoms with Crippen LogP contribution in [0.1, 0.15) is 89.5 Å². The fourth-order valence-electron chi connectivity index (χ4n) is 3.09. The number of unbranched alkanes of at least 4 members (excludes halogenated alkanes) is 6. The van der Waals surface area contributed by atoms with E-state index in [0.717, 1.165) is 19.3 Å². The first-order valence-corrected chi connectivity index (χ1v) is 10.5. The molecule has 0 radical (unpaired) electrons. The van der Waals surface area contributed by atoms with Crippen LogP contribution in [0.15, 0.2) is 29.2 Å². The summed E-state index contributed by atoms with van der Waals surface area (Å²) < 4.78 is 31.3. The van der Waals surface area contributed by atoms with Crippen LogP contribution in [0, 0.1) is 0 Å². The minimum absolute atomic E-state index is 0.0209. The summed E-state index contributed by atoms with van der Waals surface area (Å²) in [7, 11) is -4.09. The molecule has 0 spiro atoms. The number of rotatable bonds is 12. The summed E-state index contributed by atoms with van der Waals surface area (Å²) in [5.74, 6) is 0.492. The van der Waals surface area contributed by atoms with Crippen molar-refractivity contribution in [1.82, 2.24) is 0 Å². The summed E-state index contributed by atoms with van der Waals surface area (Å²) in [5.41, 5.74) is 1.19. The Morgan fingerprint density at radius 2 is 1.39 bits per heavy atom. The van der Waals surface area contributed by atoms with Crippen LogP contribution in [-0.4, -0.2) is 13.0 Å². The zero-order valence-corrected chi connectivity index (χ0v) is 15.4. The lowest BCUT2D eigenvalue weighted by atomic mass is 9.89. The fourth-order valence-corrected chi connectivity index (χ4v) is 3.57. The van der Waals surface area contributed by atoms with Crippen molar-refractivity contribution >= 4 is 10.1 Å². The molecule has 0 aromatic heterocycles. The van der Waals surface area contributed by atoms with Gasteiger partial charge in [-0.1, -0.05) is 77.3 Å². The lowest BCUT2D eigenvalue weighted by Gasteiger charge is -2.17. The third kappa shape index (κ3) is 7.98. The normalized spacial score (nSPS) is 13.2. The summed E-state index contributed by atoms with van der Waals surface area (Å²) in [5, 5.41) is 0. The van der Waals surface area contributed by atoms with E-state index in [1.165, 1.54) is 62.6 Å². The van der Waals surface area contributed by atoms with Gasteiger partial charge in [0.1, 0.15) is 0 Å². The van der Waals surface area contributed by atoms with Crippen molar-refractivity contribution < 1.29 is 13.0 Å². The molecule has 1 atom stereocenters. The first-order chi connectivity index (χ1) is 11.0. The molecule has 0 aliphatic carbocycles. The van der Waals surface area contributed by atoms with E-state index in [0.29, 0.717) is 5.92 Å². The quantitative estimate of drug-likeness (QED) is 0.377. The molecule has 1 aromatic rings. The molecular weight excluding hydrogens is 308 g/mol.